The van der Waals surface area contributed by atoms with Gasteiger partial charge in [0.15, 0.2) is 0 Å². The largest absolute Gasteiger partial charge is 0.395 e. The average molecular weight is 374 g/mol. The maximum Gasteiger partial charge on any atom is 0.147 e. The summed E-state index contributed by atoms with van der Waals surface area (Å²) in [5, 5.41) is 12.3. The Kier molecular flexibility index (Phi) is 11.2. The predicted molar refractivity (Wildman–Crippen MR) is 116 cm³/mol. The zero-order chi connectivity index (χ0) is 20.1. The lowest BCUT2D eigenvalue weighted by Crippen LogP contribution is -2.27. The summed E-state index contributed by atoms with van der Waals surface area (Å²) < 4.78 is 0. The first-order chi connectivity index (χ1) is 13.0. The lowest BCUT2D eigenvalue weighted by Gasteiger charge is -2.15. The molecule has 0 heterocycles. The third-order valence-electron chi connectivity index (χ3n) is 4.13. The van der Waals surface area contributed by atoms with E-state index in [0.29, 0.717) is 18.9 Å². The first-order valence-corrected chi connectivity index (χ1v) is 9.63. The second-order valence-corrected chi connectivity index (χ2v) is 6.73. The third kappa shape index (κ3) is 9.47. The number of likely N-dealkylation sites (N-methyl/N-ethyl adjacent to an activating group) is 1. The molecule has 0 aromatic rings. The van der Waals surface area contributed by atoms with E-state index in [1.807, 2.05) is 38.3 Å². The molecule has 0 amide bonds. The number of allylic oxidation sites excluding steroid dienone is 5. The van der Waals surface area contributed by atoms with Crippen molar-refractivity contribution in [3.05, 3.63) is 48.0 Å². The van der Waals surface area contributed by atoms with Crippen LogP contribution in [-0.2, 0) is 0 Å². The van der Waals surface area contributed by atoms with Crippen molar-refractivity contribution in [1.82, 2.24) is 10.2 Å². The molecule has 0 spiro atoms. The van der Waals surface area contributed by atoms with Crippen molar-refractivity contribution in [2.75, 3.05) is 39.8 Å². The zero-order valence-corrected chi connectivity index (χ0v) is 17.0. The quantitative estimate of drug-likeness (QED) is 0.362. The minimum atomic E-state index is 0.189. The molecule has 0 unspecified atom stereocenters. The Balaban J connectivity index is 2.76. The second kappa shape index (κ2) is 13.2. The molecule has 0 saturated carbocycles. The minimum Gasteiger partial charge on any atom is -0.395 e. The van der Waals surface area contributed by atoms with Gasteiger partial charge in [-0.1, -0.05) is 38.2 Å². The number of aliphatic imine (C=N–C) groups is 2. The molecule has 0 atom stereocenters. The molecular weight excluding hydrogens is 338 g/mol. The highest BCUT2D eigenvalue weighted by molar-refractivity contribution is 6.11. The minimum absolute atomic E-state index is 0.189. The summed E-state index contributed by atoms with van der Waals surface area (Å²) in [7, 11) is 2.01. The van der Waals surface area contributed by atoms with Crippen LogP contribution in [0, 0.1) is 0 Å². The van der Waals surface area contributed by atoms with E-state index in [9.17, 15) is 0 Å². The van der Waals surface area contributed by atoms with Gasteiger partial charge in [0.05, 0.1) is 18.0 Å². The molecule has 0 saturated heterocycles. The molecule has 0 aromatic heterocycles. The van der Waals surface area contributed by atoms with Gasteiger partial charge in [-0.15, -0.1) is 0 Å². The fourth-order valence-corrected chi connectivity index (χ4v) is 2.61. The Labute approximate surface area is 164 Å². The number of aliphatic hydroxyl groups excluding tert-OH is 1. The van der Waals surface area contributed by atoms with Gasteiger partial charge in [-0.05, 0) is 51.6 Å². The van der Waals surface area contributed by atoms with E-state index < -0.39 is 0 Å². The predicted octanol–water partition coefficient (Wildman–Crippen LogP) is 2.40. The van der Waals surface area contributed by atoms with Crippen LogP contribution in [-0.4, -0.2) is 61.3 Å². The Morgan fingerprint density at radius 1 is 1.30 bits per heavy atom. The molecule has 0 aliphatic heterocycles. The molecule has 0 fully saturated rings. The van der Waals surface area contributed by atoms with Gasteiger partial charge in [0.2, 0.25) is 0 Å². The van der Waals surface area contributed by atoms with Crippen molar-refractivity contribution in [2.45, 2.75) is 33.1 Å². The molecule has 1 aliphatic carbocycles. The average Bonchev–Trinajstić information content (AvgIpc) is 2.62. The van der Waals surface area contributed by atoms with E-state index in [4.69, 9.17) is 15.8 Å². The molecule has 0 aromatic carbocycles. The summed E-state index contributed by atoms with van der Waals surface area (Å²) in [6.45, 7) is 11.4. The molecule has 4 N–H and O–H groups in total. The Hall–Kier alpha value is -2.02. The first kappa shape index (κ1) is 23.0. The van der Waals surface area contributed by atoms with Crippen molar-refractivity contribution >= 4 is 11.4 Å². The van der Waals surface area contributed by atoms with Crippen molar-refractivity contribution in [2.24, 2.45) is 15.7 Å². The highest BCUT2D eigenvalue weighted by Gasteiger charge is 2.07. The SMILES string of the molecule is C=C1C=CC=C/C1=N/C(N)=C(\CNCCCN(C)CCO)N=C(C)CCC. The maximum absolute atomic E-state index is 8.93. The fourth-order valence-electron chi connectivity index (χ4n) is 2.61. The summed E-state index contributed by atoms with van der Waals surface area (Å²) in [4.78, 5) is 11.3. The number of nitrogens with zero attached hydrogens (tertiary/aromatic N) is 3. The summed E-state index contributed by atoms with van der Waals surface area (Å²) >= 11 is 0. The van der Waals surface area contributed by atoms with Crippen molar-refractivity contribution < 1.29 is 5.11 Å². The summed E-state index contributed by atoms with van der Waals surface area (Å²) in [5.41, 5.74) is 9.69. The smallest absolute Gasteiger partial charge is 0.147 e. The summed E-state index contributed by atoms with van der Waals surface area (Å²) in [6.07, 6.45) is 10.6. The van der Waals surface area contributed by atoms with Crippen LogP contribution in [0.15, 0.2) is 58.0 Å². The van der Waals surface area contributed by atoms with E-state index in [1.165, 1.54) is 0 Å². The van der Waals surface area contributed by atoms with E-state index in [-0.39, 0.29) is 6.61 Å². The van der Waals surface area contributed by atoms with Gasteiger partial charge in [0.25, 0.3) is 0 Å². The molecule has 1 rings (SSSR count). The summed E-state index contributed by atoms with van der Waals surface area (Å²) in [6, 6.07) is 0. The van der Waals surface area contributed by atoms with Gasteiger partial charge in [-0.25, -0.2) is 4.99 Å². The fraction of sp³-hybridized carbons (Fsp3) is 0.524. The van der Waals surface area contributed by atoms with E-state index in [2.05, 4.69) is 28.7 Å². The molecule has 150 valence electrons. The number of rotatable bonds is 12. The second-order valence-electron chi connectivity index (χ2n) is 6.73. The van der Waals surface area contributed by atoms with Crippen molar-refractivity contribution in [1.29, 1.82) is 0 Å². The molecule has 27 heavy (non-hydrogen) atoms. The number of nitrogens with one attached hydrogen (secondary N) is 1. The van der Waals surface area contributed by atoms with E-state index in [0.717, 1.165) is 55.0 Å². The first-order valence-electron chi connectivity index (χ1n) is 9.63. The van der Waals surface area contributed by atoms with Crippen LogP contribution in [0.4, 0.5) is 0 Å². The zero-order valence-electron chi connectivity index (χ0n) is 17.0. The standard InChI is InChI=1S/C21H35N5O/c1-5-9-18(3)24-20(16-23-12-8-13-26(4)14-15-27)21(22)25-19-11-7-6-10-17(19)2/h6-7,10-11,23,27H,2,5,8-9,12-16,22H2,1,3-4H3/b21-20+,24-18?,25-19-. The molecule has 0 radical (unpaired) electrons. The Morgan fingerprint density at radius 3 is 2.70 bits per heavy atom. The molecule has 6 heteroatoms. The molecular formula is C21H35N5O. The van der Waals surface area contributed by atoms with Crippen molar-refractivity contribution in [3.8, 4) is 0 Å². The number of nitrogens with two attached hydrogens (primary N) is 1. The van der Waals surface area contributed by atoms with Gasteiger partial charge >= 0.3 is 0 Å². The van der Waals surface area contributed by atoms with Crippen LogP contribution in [0.1, 0.15) is 33.1 Å². The van der Waals surface area contributed by atoms with Gasteiger partial charge in [0.1, 0.15) is 5.82 Å². The summed E-state index contributed by atoms with van der Waals surface area (Å²) in [5.74, 6) is 0.423. The van der Waals surface area contributed by atoms with Gasteiger partial charge in [-0.2, -0.15) is 0 Å². The topological polar surface area (TPSA) is 86.2 Å². The molecule has 6 nitrogen and oxygen atoms in total. The molecule has 0 bridgehead atoms. The molecule has 1 aliphatic rings. The lowest BCUT2D eigenvalue weighted by atomic mass is 10.1. The monoisotopic (exact) mass is 373 g/mol. The van der Waals surface area contributed by atoms with Crippen molar-refractivity contribution in [3.63, 3.8) is 0 Å². The van der Waals surface area contributed by atoms with Gasteiger partial charge < -0.3 is 21.1 Å². The maximum atomic E-state index is 8.93. The Morgan fingerprint density at radius 2 is 2.04 bits per heavy atom. The van der Waals surface area contributed by atoms with E-state index >= 15 is 0 Å². The van der Waals surface area contributed by atoms with E-state index in [1.54, 1.807) is 0 Å². The number of hydrogen-bond donors (Lipinski definition) is 3. The third-order valence-corrected chi connectivity index (χ3v) is 4.13. The lowest BCUT2D eigenvalue weighted by molar-refractivity contribution is 0.220. The highest BCUT2D eigenvalue weighted by Crippen LogP contribution is 2.11. The van der Waals surface area contributed by atoms with Gasteiger partial charge in [0, 0.05) is 18.8 Å². The van der Waals surface area contributed by atoms with Gasteiger partial charge in [-0.3, -0.25) is 4.99 Å². The highest BCUT2D eigenvalue weighted by atomic mass is 16.3. The van der Waals surface area contributed by atoms with Crippen LogP contribution in [0.3, 0.4) is 0 Å². The number of aliphatic hydroxyl groups is 1. The van der Waals surface area contributed by atoms with Crippen LogP contribution < -0.4 is 11.1 Å². The normalized spacial score (nSPS) is 17.1. The van der Waals surface area contributed by atoms with Crippen LogP contribution in [0.5, 0.6) is 0 Å². The van der Waals surface area contributed by atoms with Crippen LogP contribution >= 0.6 is 0 Å². The van der Waals surface area contributed by atoms with Crippen LogP contribution in [0.25, 0.3) is 0 Å². The van der Waals surface area contributed by atoms with Crippen LogP contribution in [0.2, 0.25) is 0 Å². The Bertz CT molecular complexity index is 628. The number of hydrogen-bond acceptors (Lipinski definition) is 6.